The van der Waals surface area contributed by atoms with Crippen LogP contribution < -0.4 is 15.1 Å². The van der Waals surface area contributed by atoms with E-state index < -0.39 is 5.63 Å². The molecule has 174 valence electrons. The molecule has 1 aromatic heterocycles. The largest absolute Gasteiger partial charge is 0.489 e. The second-order valence-corrected chi connectivity index (χ2v) is 8.69. The zero-order chi connectivity index (χ0) is 24.2. The first-order valence-electron chi connectivity index (χ1n) is 11.6. The highest BCUT2D eigenvalue weighted by molar-refractivity contribution is 5.98. The van der Waals surface area contributed by atoms with Crippen LogP contribution >= 0.6 is 0 Å². The summed E-state index contributed by atoms with van der Waals surface area (Å²) in [4.78, 5) is 12.5. The highest BCUT2D eigenvalue weighted by Crippen LogP contribution is 2.38. The van der Waals surface area contributed by atoms with Gasteiger partial charge in [0.2, 0.25) is 0 Å². The van der Waals surface area contributed by atoms with Gasteiger partial charge in [0, 0.05) is 23.8 Å². The summed E-state index contributed by atoms with van der Waals surface area (Å²) in [5.41, 5.74) is 6.18. The lowest BCUT2D eigenvalue weighted by Gasteiger charge is -2.15. The molecule has 0 spiro atoms. The van der Waals surface area contributed by atoms with Crippen molar-refractivity contribution in [3.8, 4) is 22.6 Å². The Morgan fingerprint density at radius 2 is 1.29 bits per heavy atom. The highest BCUT2D eigenvalue weighted by atomic mass is 16.5. The van der Waals surface area contributed by atoms with E-state index in [0.29, 0.717) is 30.3 Å². The number of hydrogen-bond acceptors (Lipinski definition) is 4. The fraction of sp³-hybridized carbons (Fsp3) is 0.129. The van der Waals surface area contributed by atoms with E-state index in [2.05, 4.69) is 38.1 Å². The second kappa shape index (κ2) is 9.90. The fourth-order valence-corrected chi connectivity index (χ4v) is 3.98. The van der Waals surface area contributed by atoms with Crippen LogP contribution in [0.5, 0.6) is 11.5 Å². The highest BCUT2D eigenvalue weighted by Gasteiger charge is 2.16. The lowest BCUT2D eigenvalue weighted by Crippen LogP contribution is -2.03. The van der Waals surface area contributed by atoms with Gasteiger partial charge in [-0.15, -0.1) is 0 Å². The van der Waals surface area contributed by atoms with Gasteiger partial charge in [-0.3, -0.25) is 0 Å². The van der Waals surface area contributed by atoms with Gasteiger partial charge in [0.1, 0.15) is 30.3 Å². The molecule has 0 aliphatic heterocycles. The van der Waals surface area contributed by atoms with Gasteiger partial charge < -0.3 is 13.9 Å². The molecule has 1 heterocycles. The average Bonchev–Trinajstić information content (AvgIpc) is 2.87. The maximum atomic E-state index is 12.5. The number of rotatable bonds is 7. The summed E-state index contributed by atoms with van der Waals surface area (Å²) < 4.78 is 18.0. The van der Waals surface area contributed by atoms with Gasteiger partial charge in [0.25, 0.3) is 0 Å². The van der Waals surface area contributed by atoms with Gasteiger partial charge in [0.05, 0.1) is 5.39 Å². The molecule has 4 aromatic carbocycles. The van der Waals surface area contributed by atoms with E-state index in [1.54, 1.807) is 6.07 Å². The summed E-state index contributed by atoms with van der Waals surface area (Å²) in [5.74, 6) is 1.18. The summed E-state index contributed by atoms with van der Waals surface area (Å²) in [7, 11) is 0. The second-order valence-electron chi connectivity index (χ2n) is 8.69. The van der Waals surface area contributed by atoms with Crippen LogP contribution in [0, 0.1) is 13.8 Å². The molecular formula is C31H26O4. The van der Waals surface area contributed by atoms with Crippen molar-refractivity contribution in [3.63, 3.8) is 0 Å². The van der Waals surface area contributed by atoms with Crippen LogP contribution in [-0.2, 0) is 13.2 Å². The van der Waals surface area contributed by atoms with E-state index in [4.69, 9.17) is 13.9 Å². The van der Waals surface area contributed by atoms with Crippen LogP contribution in [0.25, 0.3) is 22.1 Å². The summed E-state index contributed by atoms with van der Waals surface area (Å²) >= 11 is 0. The number of fused-ring (bicyclic) bond motifs is 1. The molecule has 0 atom stereocenters. The van der Waals surface area contributed by atoms with E-state index in [1.165, 1.54) is 17.2 Å². The molecule has 0 amide bonds. The fourth-order valence-electron chi connectivity index (χ4n) is 3.98. The summed E-state index contributed by atoms with van der Waals surface area (Å²) in [5, 5.41) is 0.741. The van der Waals surface area contributed by atoms with Gasteiger partial charge in [-0.2, -0.15) is 0 Å². The Labute approximate surface area is 204 Å². The molecule has 0 N–H and O–H groups in total. The van der Waals surface area contributed by atoms with E-state index >= 15 is 0 Å². The molecule has 35 heavy (non-hydrogen) atoms. The third-order valence-electron chi connectivity index (χ3n) is 5.91. The molecule has 0 aliphatic carbocycles. The van der Waals surface area contributed by atoms with E-state index in [-0.39, 0.29) is 0 Å². The molecule has 0 unspecified atom stereocenters. The van der Waals surface area contributed by atoms with Crippen LogP contribution in [0.1, 0.15) is 22.3 Å². The molecule has 0 saturated carbocycles. The predicted molar refractivity (Wildman–Crippen MR) is 139 cm³/mol. The minimum absolute atomic E-state index is 0.379. The molecule has 0 aliphatic rings. The van der Waals surface area contributed by atoms with Crippen molar-refractivity contribution in [2.75, 3.05) is 0 Å². The Kier molecular flexibility index (Phi) is 6.36. The molecule has 5 aromatic rings. The lowest BCUT2D eigenvalue weighted by atomic mass is 10.0. The van der Waals surface area contributed by atoms with E-state index in [9.17, 15) is 4.79 Å². The Hall–Kier alpha value is -4.31. The first-order valence-corrected chi connectivity index (χ1v) is 11.6. The Morgan fingerprint density at radius 3 is 1.91 bits per heavy atom. The third kappa shape index (κ3) is 5.28. The van der Waals surface area contributed by atoms with Crippen molar-refractivity contribution in [1.82, 2.24) is 0 Å². The van der Waals surface area contributed by atoms with Crippen LogP contribution in [0.15, 0.2) is 106 Å². The molecule has 5 rings (SSSR count). The third-order valence-corrected chi connectivity index (χ3v) is 5.91. The first kappa shape index (κ1) is 22.5. The van der Waals surface area contributed by atoms with Crippen molar-refractivity contribution < 1.29 is 13.9 Å². The molecule has 0 radical (unpaired) electrons. The monoisotopic (exact) mass is 462 g/mol. The van der Waals surface area contributed by atoms with Crippen molar-refractivity contribution >= 4 is 11.0 Å². The van der Waals surface area contributed by atoms with Crippen molar-refractivity contribution in [3.05, 3.63) is 130 Å². The van der Waals surface area contributed by atoms with Crippen LogP contribution in [-0.4, -0.2) is 0 Å². The van der Waals surface area contributed by atoms with Crippen molar-refractivity contribution in [2.24, 2.45) is 0 Å². The zero-order valence-corrected chi connectivity index (χ0v) is 19.8. The Balaban J connectivity index is 1.56. The van der Waals surface area contributed by atoms with E-state index in [1.807, 2.05) is 60.7 Å². The number of ether oxygens (including phenoxy) is 2. The number of aryl methyl sites for hydroxylation is 2. The van der Waals surface area contributed by atoms with Crippen LogP contribution in [0.4, 0.5) is 0 Å². The normalized spacial score (nSPS) is 10.9. The van der Waals surface area contributed by atoms with Gasteiger partial charge in [-0.25, -0.2) is 4.79 Å². The maximum absolute atomic E-state index is 12.5. The average molecular weight is 463 g/mol. The molecule has 0 bridgehead atoms. The number of hydrogen-bond donors (Lipinski definition) is 0. The predicted octanol–water partition coefficient (Wildman–Crippen LogP) is 7.23. The van der Waals surface area contributed by atoms with Crippen molar-refractivity contribution in [2.45, 2.75) is 27.1 Å². The van der Waals surface area contributed by atoms with E-state index in [0.717, 1.165) is 27.6 Å². The van der Waals surface area contributed by atoms with Gasteiger partial charge in [0.15, 0.2) is 0 Å². The molecule has 4 nitrogen and oxygen atoms in total. The van der Waals surface area contributed by atoms with Gasteiger partial charge in [-0.05, 0) is 30.5 Å². The molecule has 0 saturated heterocycles. The van der Waals surface area contributed by atoms with Crippen LogP contribution in [0.2, 0.25) is 0 Å². The van der Waals surface area contributed by atoms with Crippen LogP contribution in [0.3, 0.4) is 0 Å². The quantitative estimate of drug-likeness (QED) is 0.239. The topological polar surface area (TPSA) is 48.7 Å². The minimum Gasteiger partial charge on any atom is -0.489 e. The van der Waals surface area contributed by atoms with Gasteiger partial charge in [-0.1, -0.05) is 90.0 Å². The lowest BCUT2D eigenvalue weighted by molar-refractivity contribution is 0.292. The van der Waals surface area contributed by atoms with Gasteiger partial charge >= 0.3 is 5.63 Å². The molecule has 0 fully saturated rings. The number of benzene rings is 4. The smallest absolute Gasteiger partial charge is 0.336 e. The molecular weight excluding hydrogens is 436 g/mol. The standard InChI is InChI=1S/C31H26O4/c1-21-8-12-23(13-9-21)19-33-26-16-28(34-20-24-14-10-22(2)11-15-24)31-27(25-6-4-3-5-7-25)18-30(32)35-29(31)17-26/h3-18H,19-20H2,1-2H3. The minimum atomic E-state index is -0.420. The summed E-state index contributed by atoms with van der Waals surface area (Å²) in [6.07, 6.45) is 0. The summed E-state index contributed by atoms with van der Waals surface area (Å²) in [6.45, 7) is 4.88. The van der Waals surface area contributed by atoms with Crippen molar-refractivity contribution in [1.29, 1.82) is 0 Å². The first-order chi connectivity index (χ1) is 17.0. The summed E-state index contributed by atoms with van der Waals surface area (Å²) in [6, 6.07) is 31.3. The zero-order valence-electron chi connectivity index (χ0n) is 19.8. The maximum Gasteiger partial charge on any atom is 0.336 e. The SMILES string of the molecule is Cc1ccc(COc2cc(OCc3ccc(C)cc3)c3c(-c4ccccc4)cc(=O)oc3c2)cc1. The molecule has 4 heteroatoms. The Morgan fingerprint density at radius 1 is 0.686 bits per heavy atom. The Bertz CT molecular complexity index is 1500.